The molecule has 0 unspecified atom stereocenters. The highest BCUT2D eigenvalue weighted by molar-refractivity contribution is 5.95. The van der Waals surface area contributed by atoms with Gasteiger partial charge in [-0.25, -0.2) is 0 Å². The second-order valence-corrected chi connectivity index (χ2v) is 5.65. The number of nitrogens with one attached hydrogen (secondary N) is 1. The number of hydrogen-bond donors (Lipinski definition) is 1. The first kappa shape index (κ1) is 17.1. The molecule has 7 heteroatoms. The van der Waals surface area contributed by atoms with E-state index in [0.29, 0.717) is 12.1 Å². The fourth-order valence-corrected chi connectivity index (χ4v) is 2.12. The Bertz CT molecular complexity index is 663. The number of hydrogen-bond acceptors (Lipinski definition) is 2. The highest BCUT2D eigenvalue weighted by atomic mass is 19.4. The van der Waals surface area contributed by atoms with Crippen LogP contribution in [-0.4, -0.2) is 22.2 Å². The van der Waals surface area contributed by atoms with E-state index in [9.17, 15) is 18.0 Å². The van der Waals surface area contributed by atoms with Crippen LogP contribution in [-0.2, 0) is 12.7 Å². The molecule has 0 aliphatic rings. The van der Waals surface area contributed by atoms with Crippen molar-refractivity contribution in [1.82, 2.24) is 15.1 Å². The molecule has 1 amide bonds. The van der Waals surface area contributed by atoms with Gasteiger partial charge in [0.2, 0.25) is 0 Å². The normalized spacial score (nSPS) is 11.7. The van der Waals surface area contributed by atoms with Gasteiger partial charge in [0.05, 0.1) is 18.3 Å². The Morgan fingerprint density at radius 2 is 1.91 bits per heavy atom. The maximum absolute atomic E-state index is 13.4. The Morgan fingerprint density at radius 1 is 1.26 bits per heavy atom. The van der Waals surface area contributed by atoms with Crippen LogP contribution >= 0.6 is 0 Å². The lowest BCUT2D eigenvalue weighted by molar-refractivity contribution is -0.144. The van der Waals surface area contributed by atoms with Gasteiger partial charge >= 0.3 is 6.18 Å². The molecule has 0 atom stereocenters. The summed E-state index contributed by atoms with van der Waals surface area (Å²) < 4.78 is 40.9. The van der Waals surface area contributed by atoms with Crippen LogP contribution in [0.15, 0.2) is 36.5 Å². The van der Waals surface area contributed by atoms with Gasteiger partial charge in [0.1, 0.15) is 0 Å². The van der Waals surface area contributed by atoms with E-state index in [-0.39, 0.29) is 12.5 Å². The fourth-order valence-electron chi connectivity index (χ4n) is 2.12. The van der Waals surface area contributed by atoms with E-state index in [1.54, 1.807) is 30.3 Å². The van der Waals surface area contributed by atoms with Gasteiger partial charge in [-0.1, -0.05) is 44.2 Å². The highest BCUT2D eigenvalue weighted by Gasteiger charge is 2.40. The lowest BCUT2D eigenvalue weighted by Gasteiger charge is -2.13. The van der Waals surface area contributed by atoms with Gasteiger partial charge in [-0.3, -0.25) is 9.48 Å². The molecular formula is C16H18F3N3O. The van der Waals surface area contributed by atoms with Gasteiger partial charge in [-0.15, -0.1) is 0 Å². The fraction of sp³-hybridized carbons (Fsp3) is 0.375. The molecule has 2 aromatic rings. The molecule has 23 heavy (non-hydrogen) atoms. The molecule has 2 rings (SSSR count). The average Bonchev–Trinajstić information content (AvgIpc) is 2.89. The molecule has 124 valence electrons. The predicted molar refractivity (Wildman–Crippen MR) is 79.9 cm³/mol. The zero-order valence-corrected chi connectivity index (χ0v) is 12.9. The smallest absolute Gasteiger partial charge is 0.352 e. The largest absolute Gasteiger partial charge is 0.433 e. The summed E-state index contributed by atoms with van der Waals surface area (Å²) in [4.78, 5) is 12.0. The summed E-state index contributed by atoms with van der Waals surface area (Å²) >= 11 is 0. The SMILES string of the molecule is CC(C)CNC(=O)c1cnn(Cc2ccccc2)c1C(F)(F)F. The molecule has 4 nitrogen and oxygen atoms in total. The van der Waals surface area contributed by atoms with E-state index in [0.717, 1.165) is 10.9 Å². The Morgan fingerprint density at radius 3 is 2.48 bits per heavy atom. The van der Waals surface area contributed by atoms with E-state index < -0.39 is 23.3 Å². The highest BCUT2D eigenvalue weighted by Crippen LogP contribution is 2.32. The first-order valence-corrected chi connectivity index (χ1v) is 7.24. The molecule has 0 saturated heterocycles. The van der Waals surface area contributed by atoms with Crippen LogP contribution in [0.1, 0.15) is 35.5 Å². The number of aromatic nitrogens is 2. The van der Waals surface area contributed by atoms with E-state index >= 15 is 0 Å². The second kappa shape index (κ2) is 6.85. The third-order valence-corrected chi connectivity index (χ3v) is 3.20. The minimum Gasteiger partial charge on any atom is -0.352 e. The van der Waals surface area contributed by atoms with Crippen LogP contribution in [0.25, 0.3) is 0 Å². The topological polar surface area (TPSA) is 46.9 Å². The van der Waals surface area contributed by atoms with Crippen molar-refractivity contribution in [1.29, 1.82) is 0 Å². The van der Waals surface area contributed by atoms with Gasteiger partial charge in [0, 0.05) is 6.54 Å². The summed E-state index contributed by atoms with van der Waals surface area (Å²) in [7, 11) is 0. The summed E-state index contributed by atoms with van der Waals surface area (Å²) in [6, 6.07) is 8.67. The van der Waals surface area contributed by atoms with E-state index in [2.05, 4.69) is 10.4 Å². The van der Waals surface area contributed by atoms with Crippen LogP contribution in [0.3, 0.4) is 0 Å². The maximum atomic E-state index is 13.4. The third-order valence-electron chi connectivity index (χ3n) is 3.20. The van der Waals surface area contributed by atoms with Crippen molar-refractivity contribution in [3.63, 3.8) is 0 Å². The summed E-state index contributed by atoms with van der Waals surface area (Å²) in [5.41, 5.74) is -0.799. The van der Waals surface area contributed by atoms with Crippen molar-refractivity contribution in [2.45, 2.75) is 26.6 Å². The Labute approximate surface area is 132 Å². The molecule has 1 aromatic heterocycles. The number of carbonyl (C=O) groups is 1. The van der Waals surface area contributed by atoms with Crippen LogP contribution in [0.2, 0.25) is 0 Å². The number of halogens is 3. The Kier molecular flexibility index (Phi) is 5.08. The number of amides is 1. The molecule has 0 aliphatic heterocycles. The van der Waals surface area contributed by atoms with Gasteiger partial charge in [-0.2, -0.15) is 18.3 Å². The van der Waals surface area contributed by atoms with Crippen molar-refractivity contribution in [3.05, 3.63) is 53.3 Å². The van der Waals surface area contributed by atoms with Crippen LogP contribution < -0.4 is 5.32 Å². The molecule has 1 aromatic carbocycles. The lowest BCUT2D eigenvalue weighted by atomic mass is 10.2. The monoisotopic (exact) mass is 325 g/mol. The van der Waals surface area contributed by atoms with Crippen LogP contribution in [0, 0.1) is 5.92 Å². The van der Waals surface area contributed by atoms with Crippen LogP contribution in [0.4, 0.5) is 13.2 Å². The Balaban J connectivity index is 2.32. The average molecular weight is 325 g/mol. The molecule has 0 fully saturated rings. The first-order chi connectivity index (χ1) is 10.8. The molecule has 1 N–H and O–H groups in total. The standard InChI is InChI=1S/C16H18F3N3O/c1-11(2)8-20-15(23)13-9-21-22(14(13)16(17,18)19)10-12-6-4-3-5-7-12/h3-7,9,11H,8,10H2,1-2H3,(H,20,23). The molecular weight excluding hydrogens is 307 g/mol. The molecule has 0 saturated carbocycles. The summed E-state index contributed by atoms with van der Waals surface area (Å²) in [5, 5.41) is 6.26. The molecule has 0 bridgehead atoms. The Hall–Kier alpha value is -2.31. The van der Waals surface area contributed by atoms with E-state index in [4.69, 9.17) is 0 Å². The molecule has 1 heterocycles. The van der Waals surface area contributed by atoms with E-state index in [1.807, 2.05) is 13.8 Å². The van der Waals surface area contributed by atoms with Gasteiger partial charge < -0.3 is 5.32 Å². The predicted octanol–water partition coefficient (Wildman–Crippen LogP) is 3.34. The van der Waals surface area contributed by atoms with Gasteiger partial charge in [-0.05, 0) is 11.5 Å². The van der Waals surface area contributed by atoms with Gasteiger partial charge in [0.15, 0.2) is 5.69 Å². The van der Waals surface area contributed by atoms with Crippen molar-refractivity contribution in [2.75, 3.05) is 6.54 Å². The molecule has 0 aliphatic carbocycles. The summed E-state index contributed by atoms with van der Waals surface area (Å²) in [5.74, 6) is -0.613. The number of rotatable bonds is 5. The van der Waals surface area contributed by atoms with Crippen molar-refractivity contribution in [3.8, 4) is 0 Å². The second-order valence-electron chi connectivity index (χ2n) is 5.65. The summed E-state index contributed by atoms with van der Waals surface area (Å²) in [6.45, 7) is 3.99. The van der Waals surface area contributed by atoms with Gasteiger partial charge in [0.25, 0.3) is 5.91 Å². The zero-order chi connectivity index (χ0) is 17.0. The molecule has 0 radical (unpaired) electrons. The van der Waals surface area contributed by atoms with Crippen LogP contribution in [0.5, 0.6) is 0 Å². The number of benzene rings is 1. The van der Waals surface area contributed by atoms with Crippen molar-refractivity contribution >= 4 is 5.91 Å². The van der Waals surface area contributed by atoms with E-state index in [1.165, 1.54) is 0 Å². The minimum absolute atomic E-state index is 0.0485. The lowest BCUT2D eigenvalue weighted by Crippen LogP contribution is -2.29. The third kappa shape index (κ3) is 4.34. The maximum Gasteiger partial charge on any atom is 0.433 e. The molecule has 0 spiro atoms. The summed E-state index contributed by atoms with van der Waals surface area (Å²) in [6.07, 6.45) is -3.68. The number of alkyl halides is 3. The minimum atomic E-state index is -4.66. The number of nitrogens with zero attached hydrogens (tertiary/aromatic N) is 2. The first-order valence-electron chi connectivity index (χ1n) is 7.24. The zero-order valence-electron chi connectivity index (χ0n) is 12.9. The van der Waals surface area contributed by atoms with Crippen molar-refractivity contribution < 1.29 is 18.0 Å². The quantitative estimate of drug-likeness (QED) is 0.916. The van der Waals surface area contributed by atoms with Crippen molar-refractivity contribution in [2.24, 2.45) is 5.92 Å². The number of carbonyl (C=O) groups excluding carboxylic acids is 1.